The van der Waals surface area contributed by atoms with Gasteiger partial charge in [-0.1, -0.05) is 26.7 Å². The summed E-state index contributed by atoms with van der Waals surface area (Å²) in [5.41, 5.74) is 9.34. The maximum absolute atomic E-state index is 15.3. The summed E-state index contributed by atoms with van der Waals surface area (Å²) in [5.74, 6) is -0.138. The molecular weight excluding hydrogens is 397 g/mol. The summed E-state index contributed by atoms with van der Waals surface area (Å²) in [7, 11) is 0. The third-order valence-electron chi connectivity index (χ3n) is 6.85. The third-order valence-corrected chi connectivity index (χ3v) is 6.85. The van der Waals surface area contributed by atoms with E-state index in [1.165, 1.54) is 0 Å². The van der Waals surface area contributed by atoms with Crippen molar-refractivity contribution in [1.29, 1.82) is 0 Å². The molecule has 7 nitrogen and oxygen atoms in total. The number of nitrogens with zero attached hydrogens (tertiary/aromatic N) is 2. The largest absolute Gasteiger partial charge is 0.370 e. The number of nitrogens with two attached hydrogens (primary N) is 1. The Morgan fingerprint density at radius 2 is 2.16 bits per heavy atom. The van der Waals surface area contributed by atoms with Gasteiger partial charge in [0.05, 0.1) is 24.0 Å². The molecule has 2 aromatic heterocycles. The lowest BCUT2D eigenvalue weighted by Gasteiger charge is -2.30. The molecule has 0 radical (unpaired) electrons. The molecule has 4 heterocycles. The Kier molecular flexibility index (Phi) is 5.22. The highest BCUT2D eigenvalue weighted by Crippen LogP contribution is 2.35. The molecular formula is C23H30FN5O2. The first-order chi connectivity index (χ1) is 14.9. The molecule has 1 amide bonds. The van der Waals surface area contributed by atoms with E-state index in [1.807, 2.05) is 12.3 Å². The summed E-state index contributed by atoms with van der Waals surface area (Å²) in [6.45, 7) is 5.73. The molecule has 2 aromatic rings. The van der Waals surface area contributed by atoms with Gasteiger partial charge in [-0.15, -0.1) is 0 Å². The second kappa shape index (κ2) is 7.91. The van der Waals surface area contributed by atoms with Crippen LogP contribution in [-0.2, 0) is 24.4 Å². The summed E-state index contributed by atoms with van der Waals surface area (Å²) in [6, 6.07) is 1.95. The summed E-state index contributed by atoms with van der Waals surface area (Å²) in [5, 5.41) is 6.01. The maximum Gasteiger partial charge on any atom is 0.254 e. The molecule has 3 atom stereocenters. The first-order valence-electron chi connectivity index (χ1n) is 11.3. The van der Waals surface area contributed by atoms with Gasteiger partial charge in [0.15, 0.2) is 11.6 Å². The zero-order valence-electron chi connectivity index (χ0n) is 18.1. The minimum absolute atomic E-state index is 0.0193. The molecule has 8 heteroatoms. The van der Waals surface area contributed by atoms with E-state index >= 15 is 4.39 Å². The molecule has 1 aliphatic carbocycles. The molecule has 31 heavy (non-hydrogen) atoms. The second-order valence-corrected chi connectivity index (χ2v) is 9.32. The van der Waals surface area contributed by atoms with E-state index in [9.17, 15) is 4.79 Å². The first-order valence-corrected chi connectivity index (χ1v) is 11.3. The number of fused-ring (bicyclic) bond motifs is 2. The first kappa shape index (κ1) is 20.5. The number of nitrogens with one attached hydrogen (secondary N) is 2. The summed E-state index contributed by atoms with van der Waals surface area (Å²) in [6.07, 6.45) is 6.12. The zero-order valence-corrected chi connectivity index (χ0v) is 18.1. The van der Waals surface area contributed by atoms with Gasteiger partial charge in [-0.05, 0) is 24.8 Å². The minimum Gasteiger partial charge on any atom is -0.370 e. The van der Waals surface area contributed by atoms with Crippen molar-refractivity contribution in [2.75, 3.05) is 5.32 Å². The molecule has 0 bridgehead atoms. The predicted molar refractivity (Wildman–Crippen MR) is 116 cm³/mol. The van der Waals surface area contributed by atoms with Crippen LogP contribution in [-0.4, -0.2) is 33.6 Å². The van der Waals surface area contributed by atoms with E-state index in [1.54, 1.807) is 0 Å². The SMILES string of the molecule is CC(C)C1Cn2cc(-c3nc(NC4CCCCC4N)c(F)c4c3C(=O)NC4)cc2CO1. The Bertz CT molecular complexity index is 1020. The molecule has 1 saturated carbocycles. The number of halogens is 1. The Morgan fingerprint density at radius 3 is 2.94 bits per heavy atom. The lowest BCUT2D eigenvalue weighted by Crippen LogP contribution is -2.43. The average molecular weight is 428 g/mol. The topological polar surface area (TPSA) is 94.2 Å². The highest BCUT2D eigenvalue weighted by Gasteiger charge is 2.33. The van der Waals surface area contributed by atoms with Crippen molar-refractivity contribution >= 4 is 11.7 Å². The van der Waals surface area contributed by atoms with Gasteiger partial charge in [-0.3, -0.25) is 4.79 Å². The number of ether oxygens (including phenoxy) is 1. The number of hydrogen-bond acceptors (Lipinski definition) is 5. The van der Waals surface area contributed by atoms with Gasteiger partial charge < -0.3 is 25.7 Å². The number of carbonyl (C=O) groups is 1. The van der Waals surface area contributed by atoms with E-state index in [-0.39, 0.29) is 36.5 Å². The minimum atomic E-state index is -0.456. The third kappa shape index (κ3) is 3.61. The molecule has 0 aromatic carbocycles. The number of pyridine rings is 1. The molecule has 2 aliphatic heterocycles. The smallest absolute Gasteiger partial charge is 0.254 e. The lowest BCUT2D eigenvalue weighted by atomic mass is 9.91. The van der Waals surface area contributed by atoms with Crippen LogP contribution in [0.15, 0.2) is 12.3 Å². The van der Waals surface area contributed by atoms with Gasteiger partial charge in [0.2, 0.25) is 0 Å². The molecule has 4 N–H and O–H groups in total. The molecule has 3 aliphatic rings. The summed E-state index contributed by atoms with van der Waals surface area (Å²) in [4.78, 5) is 17.2. The standard InChI is InChI=1S/C23H30FN5O2/c1-12(2)18-10-29-9-13(7-14(29)11-31-18)21-19-15(8-26-23(19)30)20(24)22(28-21)27-17-6-4-3-5-16(17)25/h7,9,12,16-18H,3-6,8,10-11,25H2,1-2H3,(H,26,30)(H,27,28). The second-order valence-electron chi connectivity index (χ2n) is 9.32. The molecule has 0 spiro atoms. The quantitative estimate of drug-likeness (QED) is 0.697. The van der Waals surface area contributed by atoms with Gasteiger partial charge in [0.1, 0.15) is 0 Å². The fourth-order valence-electron chi connectivity index (χ4n) is 4.92. The van der Waals surface area contributed by atoms with E-state index in [0.29, 0.717) is 29.3 Å². The van der Waals surface area contributed by atoms with Crippen LogP contribution < -0.4 is 16.4 Å². The molecule has 3 unspecified atom stereocenters. The van der Waals surface area contributed by atoms with Gasteiger partial charge >= 0.3 is 0 Å². The summed E-state index contributed by atoms with van der Waals surface area (Å²) >= 11 is 0. The van der Waals surface area contributed by atoms with Crippen molar-refractivity contribution in [2.24, 2.45) is 11.7 Å². The van der Waals surface area contributed by atoms with Crippen LogP contribution >= 0.6 is 0 Å². The molecule has 1 fully saturated rings. The Hall–Kier alpha value is -2.45. The van der Waals surface area contributed by atoms with Crippen molar-refractivity contribution < 1.29 is 13.9 Å². The van der Waals surface area contributed by atoms with Crippen LogP contribution in [0, 0.1) is 11.7 Å². The Labute approximate surface area is 181 Å². The zero-order chi connectivity index (χ0) is 21.7. The highest BCUT2D eigenvalue weighted by molar-refractivity contribution is 6.04. The normalized spacial score (nSPS) is 25.3. The van der Waals surface area contributed by atoms with Gasteiger partial charge in [-0.25, -0.2) is 9.37 Å². The van der Waals surface area contributed by atoms with Crippen LogP contribution in [0.2, 0.25) is 0 Å². The van der Waals surface area contributed by atoms with Crippen molar-refractivity contribution in [2.45, 2.75) is 77.4 Å². The highest BCUT2D eigenvalue weighted by atomic mass is 19.1. The number of anilines is 1. The molecule has 166 valence electrons. The Balaban J connectivity index is 1.54. The van der Waals surface area contributed by atoms with Crippen LogP contribution in [0.5, 0.6) is 0 Å². The van der Waals surface area contributed by atoms with Gasteiger partial charge in [-0.2, -0.15) is 0 Å². The van der Waals surface area contributed by atoms with E-state index in [2.05, 4.69) is 34.0 Å². The van der Waals surface area contributed by atoms with Crippen LogP contribution in [0.1, 0.15) is 61.1 Å². The number of carbonyl (C=O) groups excluding carboxylic acids is 1. The van der Waals surface area contributed by atoms with Crippen molar-refractivity contribution in [1.82, 2.24) is 14.9 Å². The fraction of sp³-hybridized carbons (Fsp3) is 0.565. The van der Waals surface area contributed by atoms with Crippen molar-refractivity contribution in [3.63, 3.8) is 0 Å². The Morgan fingerprint density at radius 1 is 1.35 bits per heavy atom. The lowest BCUT2D eigenvalue weighted by molar-refractivity contribution is -0.0226. The number of amides is 1. The molecule has 0 saturated heterocycles. The van der Waals surface area contributed by atoms with E-state index in [0.717, 1.165) is 43.5 Å². The van der Waals surface area contributed by atoms with Crippen molar-refractivity contribution in [3.8, 4) is 11.3 Å². The number of aromatic nitrogens is 2. The van der Waals surface area contributed by atoms with Crippen LogP contribution in [0.4, 0.5) is 10.2 Å². The van der Waals surface area contributed by atoms with Crippen molar-refractivity contribution in [3.05, 3.63) is 34.9 Å². The van der Waals surface area contributed by atoms with Crippen LogP contribution in [0.3, 0.4) is 0 Å². The average Bonchev–Trinajstić information content (AvgIpc) is 3.35. The number of hydrogen-bond donors (Lipinski definition) is 3. The van der Waals surface area contributed by atoms with Gasteiger partial charge in [0, 0.05) is 48.2 Å². The summed E-state index contributed by atoms with van der Waals surface area (Å²) < 4.78 is 23.5. The van der Waals surface area contributed by atoms with E-state index in [4.69, 9.17) is 10.5 Å². The van der Waals surface area contributed by atoms with Gasteiger partial charge in [0.25, 0.3) is 5.91 Å². The maximum atomic E-state index is 15.3. The van der Waals surface area contributed by atoms with Crippen LogP contribution in [0.25, 0.3) is 11.3 Å². The monoisotopic (exact) mass is 427 g/mol. The van der Waals surface area contributed by atoms with E-state index < -0.39 is 5.82 Å². The molecule has 5 rings (SSSR count). The number of rotatable bonds is 4. The fourth-order valence-corrected chi connectivity index (χ4v) is 4.92. The predicted octanol–water partition coefficient (Wildman–Crippen LogP) is 3.17.